The molecule has 2 rings (SSSR count). The molecule has 1 fully saturated rings. The zero-order valence-corrected chi connectivity index (χ0v) is 13.3. The normalized spacial score (nSPS) is 27.2. The highest BCUT2D eigenvalue weighted by atomic mass is 15.2. The molecule has 1 aliphatic carbocycles. The summed E-state index contributed by atoms with van der Waals surface area (Å²) in [4.78, 5) is 2.62. The molecule has 3 unspecified atom stereocenters. The van der Waals surface area contributed by atoms with Crippen molar-refractivity contribution in [3.8, 4) is 0 Å². The van der Waals surface area contributed by atoms with Crippen LogP contribution in [0.4, 0.5) is 0 Å². The molecule has 0 aliphatic heterocycles. The Morgan fingerprint density at radius 3 is 2.50 bits per heavy atom. The second-order valence-corrected chi connectivity index (χ2v) is 6.48. The second kappa shape index (κ2) is 7.24. The third kappa shape index (κ3) is 3.62. The van der Waals surface area contributed by atoms with E-state index in [-0.39, 0.29) is 0 Å². The van der Waals surface area contributed by atoms with Crippen molar-refractivity contribution in [3.05, 3.63) is 35.9 Å². The average molecular weight is 274 g/mol. The summed E-state index contributed by atoms with van der Waals surface area (Å²) < 4.78 is 0. The quantitative estimate of drug-likeness (QED) is 0.885. The molecule has 0 heterocycles. The SMILES string of the molecule is CCCN(C(C)C)C1CC(c2ccccc2)CCC1N. The van der Waals surface area contributed by atoms with E-state index in [9.17, 15) is 0 Å². The number of rotatable bonds is 5. The minimum Gasteiger partial charge on any atom is -0.326 e. The Labute approximate surface area is 124 Å². The fourth-order valence-corrected chi connectivity index (χ4v) is 3.64. The molecule has 1 aromatic rings. The Hall–Kier alpha value is -0.860. The summed E-state index contributed by atoms with van der Waals surface area (Å²) >= 11 is 0. The van der Waals surface area contributed by atoms with E-state index in [0.29, 0.717) is 24.0 Å². The molecule has 2 nitrogen and oxygen atoms in total. The smallest absolute Gasteiger partial charge is 0.0255 e. The van der Waals surface area contributed by atoms with E-state index in [4.69, 9.17) is 5.73 Å². The van der Waals surface area contributed by atoms with Crippen LogP contribution in [0.25, 0.3) is 0 Å². The van der Waals surface area contributed by atoms with Crippen molar-refractivity contribution in [1.29, 1.82) is 0 Å². The first-order valence-electron chi connectivity index (χ1n) is 8.19. The summed E-state index contributed by atoms with van der Waals surface area (Å²) in [5, 5.41) is 0. The fourth-order valence-electron chi connectivity index (χ4n) is 3.64. The van der Waals surface area contributed by atoms with Crippen LogP contribution in [0, 0.1) is 0 Å². The Morgan fingerprint density at radius 1 is 1.20 bits per heavy atom. The van der Waals surface area contributed by atoms with Crippen LogP contribution in [0.15, 0.2) is 30.3 Å². The van der Waals surface area contributed by atoms with Crippen LogP contribution < -0.4 is 5.73 Å². The van der Waals surface area contributed by atoms with Gasteiger partial charge in [0, 0.05) is 18.1 Å². The maximum absolute atomic E-state index is 6.45. The standard InChI is InChI=1S/C18H30N2/c1-4-12-20(14(2)3)18-13-16(10-11-17(18)19)15-8-6-5-7-9-15/h5-9,14,16-18H,4,10-13,19H2,1-3H3. The molecule has 0 radical (unpaired) electrons. The first-order chi connectivity index (χ1) is 9.63. The van der Waals surface area contributed by atoms with Crippen molar-refractivity contribution in [3.63, 3.8) is 0 Å². The van der Waals surface area contributed by atoms with Crippen molar-refractivity contribution >= 4 is 0 Å². The Bertz CT molecular complexity index is 388. The van der Waals surface area contributed by atoms with Gasteiger partial charge in [-0.25, -0.2) is 0 Å². The zero-order chi connectivity index (χ0) is 14.5. The molecular formula is C18H30N2. The summed E-state index contributed by atoms with van der Waals surface area (Å²) in [7, 11) is 0. The van der Waals surface area contributed by atoms with Crippen LogP contribution in [0.2, 0.25) is 0 Å². The monoisotopic (exact) mass is 274 g/mol. The predicted molar refractivity (Wildman–Crippen MR) is 86.9 cm³/mol. The lowest BCUT2D eigenvalue weighted by molar-refractivity contribution is 0.0971. The molecule has 0 saturated heterocycles. The van der Waals surface area contributed by atoms with Gasteiger partial charge in [0.1, 0.15) is 0 Å². The largest absolute Gasteiger partial charge is 0.326 e. The van der Waals surface area contributed by atoms with E-state index < -0.39 is 0 Å². The highest BCUT2D eigenvalue weighted by molar-refractivity contribution is 5.21. The molecule has 20 heavy (non-hydrogen) atoms. The molecule has 1 saturated carbocycles. The van der Waals surface area contributed by atoms with Gasteiger partial charge >= 0.3 is 0 Å². The fraction of sp³-hybridized carbons (Fsp3) is 0.667. The molecule has 0 amide bonds. The highest BCUT2D eigenvalue weighted by Gasteiger charge is 2.33. The van der Waals surface area contributed by atoms with Gasteiger partial charge < -0.3 is 5.73 Å². The summed E-state index contributed by atoms with van der Waals surface area (Å²) in [6, 6.07) is 12.4. The molecule has 1 aliphatic rings. The van der Waals surface area contributed by atoms with Gasteiger partial charge in [0.25, 0.3) is 0 Å². The minimum absolute atomic E-state index is 0.337. The van der Waals surface area contributed by atoms with Crippen LogP contribution in [-0.2, 0) is 0 Å². The molecule has 3 atom stereocenters. The van der Waals surface area contributed by atoms with Crippen LogP contribution in [0.1, 0.15) is 57.9 Å². The average Bonchev–Trinajstić information content (AvgIpc) is 2.46. The molecule has 0 aromatic heterocycles. The zero-order valence-electron chi connectivity index (χ0n) is 13.3. The van der Waals surface area contributed by atoms with Gasteiger partial charge in [0.2, 0.25) is 0 Å². The maximum atomic E-state index is 6.45. The van der Waals surface area contributed by atoms with E-state index in [2.05, 4.69) is 56.0 Å². The summed E-state index contributed by atoms with van der Waals surface area (Å²) in [5.74, 6) is 0.680. The van der Waals surface area contributed by atoms with Crippen molar-refractivity contribution in [1.82, 2.24) is 4.90 Å². The second-order valence-electron chi connectivity index (χ2n) is 6.48. The first kappa shape index (κ1) is 15.5. The number of nitrogens with two attached hydrogens (primary N) is 1. The van der Waals surface area contributed by atoms with Gasteiger partial charge in [0.05, 0.1) is 0 Å². The summed E-state index contributed by atoms with van der Waals surface area (Å²) in [5.41, 5.74) is 7.94. The topological polar surface area (TPSA) is 29.3 Å². The summed E-state index contributed by atoms with van der Waals surface area (Å²) in [6.45, 7) is 8.03. The van der Waals surface area contributed by atoms with Crippen molar-refractivity contribution in [2.45, 2.75) is 70.5 Å². The Kier molecular flexibility index (Phi) is 5.62. The Morgan fingerprint density at radius 2 is 1.90 bits per heavy atom. The van der Waals surface area contributed by atoms with E-state index in [1.165, 1.54) is 24.8 Å². The molecule has 112 valence electrons. The van der Waals surface area contributed by atoms with Gasteiger partial charge in [0.15, 0.2) is 0 Å². The lowest BCUT2D eigenvalue weighted by Crippen LogP contribution is -2.53. The number of nitrogens with zero attached hydrogens (tertiary/aromatic N) is 1. The van der Waals surface area contributed by atoms with E-state index in [0.717, 1.165) is 13.0 Å². The molecule has 2 heteroatoms. The van der Waals surface area contributed by atoms with Gasteiger partial charge in [-0.05, 0) is 57.6 Å². The number of hydrogen-bond acceptors (Lipinski definition) is 2. The van der Waals surface area contributed by atoms with E-state index in [1.54, 1.807) is 0 Å². The van der Waals surface area contributed by atoms with Crippen LogP contribution in [0.5, 0.6) is 0 Å². The third-order valence-corrected chi connectivity index (χ3v) is 4.71. The van der Waals surface area contributed by atoms with Gasteiger partial charge in [-0.15, -0.1) is 0 Å². The lowest BCUT2D eigenvalue weighted by atomic mass is 9.78. The van der Waals surface area contributed by atoms with Crippen molar-refractivity contribution in [2.75, 3.05) is 6.54 Å². The summed E-state index contributed by atoms with van der Waals surface area (Å²) in [6.07, 6.45) is 4.80. The van der Waals surface area contributed by atoms with Crippen LogP contribution in [0.3, 0.4) is 0 Å². The lowest BCUT2D eigenvalue weighted by Gasteiger charge is -2.43. The maximum Gasteiger partial charge on any atom is 0.0255 e. The third-order valence-electron chi connectivity index (χ3n) is 4.71. The van der Waals surface area contributed by atoms with Crippen LogP contribution in [-0.4, -0.2) is 29.6 Å². The highest BCUT2D eigenvalue weighted by Crippen LogP contribution is 2.35. The first-order valence-corrected chi connectivity index (χ1v) is 8.19. The van der Waals surface area contributed by atoms with Gasteiger partial charge in [-0.3, -0.25) is 4.90 Å². The molecular weight excluding hydrogens is 244 g/mol. The van der Waals surface area contributed by atoms with Gasteiger partial charge in [-0.1, -0.05) is 37.3 Å². The van der Waals surface area contributed by atoms with Crippen molar-refractivity contribution < 1.29 is 0 Å². The number of hydrogen-bond donors (Lipinski definition) is 1. The molecule has 0 spiro atoms. The van der Waals surface area contributed by atoms with Gasteiger partial charge in [-0.2, -0.15) is 0 Å². The molecule has 1 aromatic carbocycles. The molecule has 0 bridgehead atoms. The Balaban J connectivity index is 2.11. The predicted octanol–water partition coefficient (Wildman–Crippen LogP) is 3.77. The van der Waals surface area contributed by atoms with Crippen LogP contribution >= 0.6 is 0 Å². The van der Waals surface area contributed by atoms with Crippen molar-refractivity contribution in [2.24, 2.45) is 5.73 Å². The number of benzene rings is 1. The minimum atomic E-state index is 0.337. The van der Waals surface area contributed by atoms with E-state index >= 15 is 0 Å². The van der Waals surface area contributed by atoms with E-state index in [1.807, 2.05) is 0 Å². The molecule has 2 N–H and O–H groups in total.